The van der Waals surface area contributed by atoms with E-state index in [0.717, 1.165) is 17.2 Å². The summed E-state index contributed by atoms with van der Waals surface area (Å²) in [4.78, 5) is 13.5. The maximum Gasteiger partial charge on any atom is 0.417 e. The van der Waals surface area contributed by atoms with Gasteiger partial charge in [-0.15, -0.1) is 0 Å². The Kier molecular flexibility index (Phi) is 9.25. The summed E-state index contributed by atoms with van der Waals surface area (Å²) in [6.45, 7) is 1.50. The molecule has 0 spiro atoms. The molecule has 7 nitrogen and oxygen atoms in total. The van der Waals surface area contributed by atoms with Gasteiger partial charge < -0.3 is 25.8 Å². The second-order valence-electron chi connectivity index (χ2n) is 9.87. The quantitative estimate of drug-likeness (QED) is 0.149. The molecule has 0 unspecified atom stereocenters. The lowest BCUT2D eigenvalue weighted by Gasteiger charge is -2.30. The Hall–Kier alpha value is -4.95. The van der Waals surface area contributed by atoms with Gasteiger partial charge in [-0.25, -0.2) is 4.39 Å². The summed E-state index contributed by atoms with van der Waals surface area (Å²) in [6, 6.07) is 18.0. The molecule has 4 aromatic carbocycles. The van der Waals surface area contributed by atoms with Crippen molar-refractivity contribution in [1.29, 1.82) is 5.26 Å². The highest BCUT2D eigenvalue weighted by Gasteiger charge is 2.40. The number of benzene rings is 4. The van der Waals surface area contributed by atoms with E-state index in [2.05, 4.69) is 0 Å². The van der Waals surface area contributed by atoms with E-state index < -0.39 is 56.4 Å². The normalized spacial score (nSPS) is 11.2. The number of rotatable bonds is 9. The highest BCUT2D eigenvalue weighted by Crippen LogP contribution is 2.48. The van der Waals surface area contributed by atoms with Crippen LogP contribution < -0.4 is 25.8 Å². The van der Waals surface area contributed by atoms with Crippen LogP contribution in [0.2, 0.25) is 5.02 Å². The SMILES string of the molecule is COc1ccc(CN(Cc2ccc(OC)cc2)c2cc(C)c(C(F)(F)F)c(-c3c(Cl)cc(C(N)=O)c(N)c3F)c2C#N)cc1. The van der Waals surface area contributed by atoms with Crippen LogP contribution in [0.25, 0.3) is 11.1 Å². The molecule has 0 bridgehead atoms. The summed E-state index contributed by atoms with van der Waals surface area (Å²) in [6.07, 6.45) is -5.02. The maximum absolute atomic E-state index is 15.8. The molecular formula is C32H27ClF4N4O3. The Morgan fingerprint density at radius 3 is 1.86 bits per heavy atom. The molecule has 4 aromatic rings. The van der Waals surface area contributed by atoms with Crippen LogP contribution in [0.5, 0.6) is 11.5 Å². The number of nitrogens with zero attached hydrogens (tertiary/aromatic N) is 2. The van der Waals surface area contributed by atoms with Crippen molar-refractivity contribution in [3.05, 3.63) is 105 Å². The van der Waals surface area contributed by atoms with Crippen LogP contribution in [0.1, 0.15) is 38.2 Å². The molecule has 1 amide bonds. The van der Waals surface area contributed by atoms with Gasteiger partial charge >= 0.3 is 6.18 Å². The highest BCUT2D eigenvalue weighted by molar-refractivity contribution is 6.34. The summed E-state index contributed by atoms with van der Waals surface area (Å²) in [7, 11) is 3.04. The van der Waals surface area contributed by atoms with Gasteiger partial charge in [-0.3, -0.25) is 4.79 Å². The predicted octanol–water partition coefficient (Wildman–Crippen LogP) is 7.25. The molecule has 0 radical (unpaired) electrons. The number of hydrogen-bond acceptors (Lipinski definition) is 6. The number of carbonyl (C=O) groups is 1. The number of ether oxygens (including phenoxy) is 2. The zero-order chi connectivity index (χ0) is 32.3. The number of amides is 1. The number of nitriles is 1. The zero-order valence-corrected chi connectivity index (χ0v) is 24.6. The number of anilines is 2. The lowest BCUT2D eigenvalue weighted by atomic mass is 9.88. The van der Waals surface area contributed by atoms with Gasteiger partial charge in [-0.05, 0) is 60.0 Å². The Bertz CT molecular complexity index is 1700. The van der Waals surface area contributed by atoms with Gasteiger partial charge in [0.05, 0.1) is 47.3 Å². The Balaban J connectivity index is 2.04. The number of nitrogen functional groups attached to an aromatic ring is 1. The Labute approximate surface area is 256 Å². The summed E-state index contributed by atoms with van der Waals surface area (Å²) < 4.78 is 70.2. The fourth-order valence-electron chi connectivity index (χ4n) is 4.97. The van der Waals surface area contributed by atoms with Crippen LogP contribution in [0, 0.1) is 24.1 Å². The van der Waals surface area contributed by atoms with E-state index in [1.54, 1.807) is 53.4 Å². The van der Waals surface area contributed by atoms with E-state index in [9.17, 15) is 23.2 Å². The minimum atomic E-state index is -5.02. The summed E-state index contributed by atoms with van der Waals surface area (Å²) >= 11 is 6.32. The van der Waals surface area contributed by atoms with E-state index in [0.29, 0.717) is 11.5 Å². The smallest absolute Gasteiger partial charge is 0.417 e. The molecule has 0 aromatic heterocycles. The van der Waals surface area contributed by atoms with Crippen molar-refractivity contribution in [3.8, 4) is 28.7 Å². The van der Waals surface area contributed by atoms with Crippen LogP contribution in [-0.4, -0.2) is 20.1 Å². The first-order chi connectivity index (χ1) is 20.8. The molecule has 0 aliphatic carbocycles. The topological polar surface area (TPSA) is 115 Å². The largest absolute Gasteiger partial charge is 0.497 e. The third-order valence-electron chi connectivity index (χ3n) is 7.08. The maximum atomic E-state index is 15.8. The van der Waals surface area contributed by atoms with Gasteiger partial charge in [-0.1, -0.05) is 35.9 Å². The van der Waals surface area contributed by atoms with E-state index in [1.807, 2.05) is 6.07 Å². The average Bonchev–Trinajstić information content (AvgIpc) is 2.98. The molecule has 12 heteroatoms. The summed E-state index contributed by atoms with van der Waals surface area (Å²) in [5, 5.41) is 9.84. The molecule has 0 aliphatic rings. The van der Waals surface area contributed by atoms with Crippen molar-refractivity contribution in [2.75, 3.05) is 24.9 Å². The van der Waals surface area contributed by atoms with Crippen molar-refractivity contribution in [2.24, 2.45) is 5.73 Å². The molecule has 0 fully saturated rings. The molecular weight excluding hydrogens is 600 g/mol. The third-order valence-corrected chi connectivity index (χ3v) is 7.37. The first-order valence-corrected chi connectivity index (χ1v) is 13.4. The molecule has 4 N–H and O–H groups in total. The number of alkyl halides is 3. The van der Waals surface area contributed by atoms with E-state index >= 15 is 4.39 Å². The van der Waals surface area contributed by atoms with E-state index in [1.165, 1.54) is 27.2 Å². The van der Waals surface area contributed by atoms with Crippen LogP contribution in [0.4, 0.5) is 28.9 Å². The predicted molar refractivity (Wildman–Crippen MR) is 160 cm³/mol. The van der Waals surface area contributed by atoms with Gasteiger partial charge in [0.15, 0.2) is 5.82 Å². The van der Waals surface area contributed by atoms with E-state index in [-0.39, 0.29) is 24.3 Å². The Morgan fingerprint density at radius 2 is 1.45 bits per heavy atom. The second-order valence-corrected chi connectivity index (χ2v) is 10.3. The van der Waals surface area contributed by atoms with Crippen LogP contribution >= 0.6 is 11.6 Å². The van der Waals surface area contributed by atoms with Crippen molar-refractivity contribution in [3.63, 3.8) is 0 Å². The molecule has 0 atom stereocenters. The first kappa shape index (κ1) is 32.0. The Morgan fingerprint density at radius 1 is 0.955 bits per heavy atom. The van der Waals surface area contributed by atoms with Crippen molar-refractivity contribution < 1.29 is 31.8 Å². The molecule has 0 saturated heterocycles. The van der Waals surface area contributed by atoms with Crippen molar-refractivity contribution in [2.45, 2.75) is 26.2 Å². The average molecular weight is 627 g/mol. The van der Waals surface area contributed by atoms with Crippen LogP contribution in [0.3, 0.4) is 0 Å². The molecule has 0 heterocycles. The third kappa shape index (κ3) is 6.35. The number of hydrogen-bond donors (Lipinski definition) is 2. The lowest BCUT2D eigenvalue weighted by Crippen LogP contribution is -2.25. The summed E-state index contributed by atoms with van der Waals surface area (Å²) in [5.74, 6) is -1.32. The molecule has 44 heavy (non-hydrogen) atoms. The monoisotopic (exact) mass is 626 g/mol. The fourth-order valence-corrected chi connectivity index (χ4v) is 5.26. The molecule has 0 saturated carbocycles. The minimum absolute atomic E-state index is 0.0904. The number of aryl methyl sites for hydroxylation is 1. The van der Waals surface area contributed by atoms with Gasteiger partial charge in [0.25, 0.3) is 5.91 Å². The molecule has 0 aliphatic heterocycles. The number of primary amides is 1. The van der Waals surface area contributed by atoms with Gasteiger partial charge in [0.2, 0.25) is 0 Å². The standard InChI is InChI=1S/C32H27ClF4N4O3/c1-17-12-25(41(15-18-4-8-20(43-2)9-5-18)16-19-6-10-21(44-3)11-7-19)23(14-38)26(28(17)32(35,36)37)27-24(33)13-22(31(40)42)30(39)29(27)34/h4-13H,15-16,39H2,1-3H3,(H2,40,42). The van der Waals surface area contributed by atoms with Crippen LogP contribution in [0.15, 0.2) is 60.7 Å². The number of halogens is 5. The number of nitrogens with two attached hydrogens (primary N) is 2. The van der Waals surface area contributed by atoms with Gasteiger partial charge in [0, 0.05) is 24.2 Å². The summed E-state index contributed by atoms with van der Waals surface area (Å²) in [5.41, 5.74) is 7.77. The lowest BCUT2D eigenvalue weighted by molar-refractivity contribution is -0.137. The fraction of sp³-hybridized carbons (Fsp3) is 0.188. The van der Waals surface area contributed by atoms with Crippen molar-refractivity contribution >= 4 is 28.9 Å². The van der Waals surface area contributed by atoms with Crippen molar-refractivity contribution in [1.82, 2.24) is 0 Å². The molecule has 4 rings (SSSR count). The number of carbonyl (C=O) groups excluding carboxylic acids is 1. The first-order valence-electron chi connectivity index (χ1n) is 13.0. The van der Waals surface area contributed by atoms with Crippen LogP contribution in [-0.2, 0) is 19.3 Å². The minimum Gasteiger partial charge on any atom is -0.497 e. The zero-order valence-electron chi connectivity index (χ0n) is 23.9. The van der Waals surface area contributed by atoms with Gasteiger partial charge in [-0.2, -0.15) is 18.4 Å². The number of methoxy groups -OCH3 is 2. The molecule has 228 valence electrons. The highest BCUT2D eigenvalue weighted by atomic mass is 35.5. The van der Waals surface area contributed by atoms with E-state index in [4.69, 9.17) is 32.5 Å². The van der Waals surface area contributed by atoms with Gasteiger partial charge in [0.1, 0.15) is 17.6 Å². The second kappa shape index (κ2) is 12.7.